The summed E-state index contributed by atoms with van der Waals surface area (Å²) in [5.74, 6) is -0.0798. The van der Waals surface area contributed by atoms with Crippen molar-refractivity contribution in [1.82, 2.24) is 15.3 Å². The summed E-state index contributed by atoms with van der Waals surface area (Å²) < 4.78 is 0. The molecule has 5 nitrogen and oxygen atoms in total. The number of nitrogens with one attached hydrogen (secondary N) is 1. The maximum atomic E-state index is 12.1. The van der Waals surface area contributed by atoms with Crippen LogP contribution in [-0.2, 0) is 6.54 Å². The summed E-state index contributed by atoms with van der Waals surface area (Å²) in [5, 5.41) is 2.87. The van der Waals surface area contributed by atoms with Crippen LogP contribution >= 0.6 is 0 Å². The van der Waals surface area contributed by atoms with Crippen LogP contribution < -0.4 is 10.2 Å². The Labute approximate surface area is 130 Å². The number of hydrogen-bond donors (Lipinski definition) is 1. The van der Waals surface area contributed by atoms with Gasteiger partial charge in [0.2, 0.25) is 0 Å². The Morgan fingerprint density at radius 1 is 1.09 bits per heavy atom. The van der Waals surface area contributed by atoms with E-state index in [1.165, 1.54) is 31.3 Å². The Balaban J connectivity index is 1.58. The van der Waals surface area contributed by atoms with E-state index in [0.717, 1.165) is 18.8 Å². The second kappa shape index (κ2) is 7.02. The summed E-state index contributed by atoms with van der Waals surface area (Å²) in [7, 11) is 0. The molecule has 1 aliphatic rings. The topological polar surface area (TPSA) is 58.1 Å². The number of hydrogen-bond acceptors (Lipinski definition) is 4. The molecular weight excluding hydrogens is 276 g/mol. The van der Waals surface area contributed by atoms with Gasteiger partial charge in [0.15, 0.2) is 0 Å². The highest BCUT2D eigenvalue weighted by atomic mass is 16.1. The number of aromatic nitrogens is 2. The molecule has 1 aromatic heterocycles. The predicted molar refractivity (Wildman–Crippen MR) is 85.7 cm³/mol. The Bertz CT molecular complexity index is 606. The van der Waals surface area contributed by atoms with E-state index in [1.807, 2.05) is 24.3 Å². The average Bonchev–Trinajstić information content (AvgIpc) is 2.61. The molecule has 0 bridgehead atoms. The molecule has 1 aliphatic heterocycles. The normalized spacial score (nSPS) is 14.6. The van der Waals surface area contributed by atoms with E-state index >= 15 is 0 Å². The van der Waals surface area contributed by atoms with Crippen LogP contribution in [0.3, 0.4) is 0 Å². The molecule has 1 N–H and O–H groups in total. The molecule has 1 saturated heterocycles. The fourth-order valence-corrected chi connectivity index (χ4v) is 2.67. The number of anilines is 1. The lowest BCUT2D eigenvalue weighted by atomic mass is 10.1. The fraction of sp³-hybridized carbons (Fsp3) is 0.353. The van der Waals surface area contributed by atoms with Crippen molar-refractivity contribution in [3.05, 3.63) is 54.1 Å². The zero-order chi connectivity index (χ0) is 15.2. The molecule has 3 rings (SSSR count). The standard InChI is InChI=1S/C17H20N4O/c22-17(19-12-15-8-9-18-13-20-15)14-4-6-16(7-5-14)21-10-2-1-3-11-21/h4-9,13H,1-3,10-12H2,(H,19,22). The third-order valence-electron chi connectivity index (χ3n) is 3.92. The Morgan fingerprint density at radius 2 is 1.86 bits per heavy atom. The van der Waals surface area contributed by atoms with Gasteiger partial charge in [0.1, 0.15) is 6.33 Å². The smallest absolute Gasteiger partial charge is 0.251 e. The van der Waals surface area contributed by atoms with E-state index in [2.05, 4.69) is 20.2 Å². The number of amides is 1. The van der Waals surface area contributed by atoms with Gasteiger partial charge in [-0.1, -0.05) is 0 Å². The highest BCUT2D eigenvalue weighted by Crippen LogP contribution is 2.20. The van der Waals surface area contributed by atoms with E-state index in [-0.39, 0.29) is 5.91 Å². The Kier molecular flexibility index (Phi) is 4.63. The van der Waals surface area contributed by atoms with Crippen molar-refractivity contribution in [2.24, 2.45) is 0 Å². The summed E-state index contributed by atoms with van der Waals surface area (Å²) in [5.41, 5.74) is 2.68. The predicted octanol–water partition coefficient (Wildman–Crippen LogP) is 2.40. The maximum Gasteiger partial charge on any atom is 0.251 e. The summed E-state index contributed by atoms with van der Waals surface area (Å²) in [6.45, 7) is 2.63. The van der Waals surface area contributed by atoms with Crippen molar-refractivity contribution in [3.63, 3.8) is 0 Å². The lowest BCUT2D eigenvalue weighted by molar-refractivity contribution is 0.0950. The van der Waals surface area contributed by atoms with Gasteiger partial charge in [0.05, 0.1) is 12.2 Å². The zero-order valence-electron chi connectivity index (χ0n) is 12.5. The summed E-state index contributed by atoms with van der Waals surface area (Å²) in [6, 6.07) is 9.63. The molecule has 0 saturated carbocycles. The third-order valence-corrected chi connectivity index (χ3v) is 3.92. The first-order valence-electron chi connectivity index (χ1n) is 7.71. The molecule has 0 atom stereocenters. The van der Waals surface area contributed by atoms with Crippen LogP contribution in [0.2, 0.25) is 0 Å². The highest BCUT2D eigenvalue weighted by molar-refractivity contribution is 5.94. The van der Waals surface area contributed by atoms with Crippen LogP contribution in [0, 0.1) is 0 Å². The molecule has 0 unspecified atom stereocenters. The molecule has 0 radical (unpaired) electrons. The first-order chi connectivity index (χ1) is 10.8. The van der Waals surface area contributed by atoms with Gasteiger partial charge in [0.25, 0.3) is 5.91 Å². The summed E-state index contributed by atoms with van der Waals surface area (Å²) >= 11 is 0. The first-order valence-corrected chi connectivity index (χ1v) is 7.71. The fourth-order valence-electron chi connectivity index (χ4n) is 2.67. The van der Waals surface area contributed by atoms with Gasteiger partial charge in [-0.05, 0) is 49.6 Å². The second-order valence-electron chi connectivity index (χ2n) is 5.48. The van der Waals surface area contributed by atoms with Crippen LogP contribution in [-0.4, -0.2) is 29.0 Å². The van der Waals surface area contributed by atoms with Crippen LogP contribution in [0.15, 0.2) is 42.9 Å². The van der Waals surface area contributed by atoms with Crippen molar-refractivity contribution >= 4 is 11.6 Å². The first kappa shape index (κ1) is 14.5. The monoisotopic (exact) mass is 296 g/mol. The minimum absolute atomic E-state index is 0.0798. The molecule has 2 aromatic rings. The number of benzene rings is 1. The number of rotatable bonds is 4. The van der Waals surface area contributed by atoms with Crippen molar-refractivity contribution in [2.45, 2.75) is 25.8 Å². The maximum absolute atomic E-state index is 12.1. The van der Waals surface area contributed by atoms with Gasteiger partial charge in [-0.15, -0.1) is 0 Å². The minimum atomic E-state index is -0.0798. The quantitative estimate of drug-likeness (QED) is 0.941. The molecule has 0 spiro atoms. The molecular formula is C17H20N4O. The second-order valence-corrected chi connectivity index (χ2v) is 5.48. The summed E-state index contributed by atoms with van der Waals surface area (Å²) in [6.07, 6.45) is 6.97. The Hall–Kier alpha value is -2.43. The Morgan fingerprint density at radius 3 is 2.55 bits per heavy atom. The molecule has 1 amide bonds. The molecule has 1 aromatic carbocycles. The number of carbonyl (C=O) groups is 1. The van der Waals surface area contributed by atoms with Gasteiger partial charge in [-0.2, -0.15) is 0 Å². The SMILES string of the molecule is O=C(NCc1ccncn1)c1ccc(N2CCCCC2)cc1. The minimum Gasteiger partial charge on any atom is -0.372 e. The van der Waals surface area contributed by atoms with Gasteiger partial charge in [-0.25, -0.2) is 9.97 Å². The molecule has 1 fully saturated rings. The molecule has 5 heteroatoms. The summed E-state index contributed by atoms with van der Waals surface area (Å²) in [4.78, 5) is 22.5. The zero-order valence-corrected chi connectivity index (χ0v) is 12.5. The van der Waals surface area contributed by atoms with E-state index in [0.29, 0.717) is 12.1 Å². The van der Waals surface area contributed by atoms with Crippen molar-refractivity contribution in [1.29, 1.82) is 0 Å². The van der Waals surface area contributed by atoms with Crippen molar-refractivity contribution in [2.75, 3.05) is 18.0 Å². The molecule has 114 valence electrons. The van der Waals surface area contributed by atoms with Gasteiger partial charge >= 0.3 is 0 Å². The number of nitrogens with zero attached hydrogens (tertiary/aromatic N) is 3. The number of carbonyl (C=O) groups excluding carboxylic acids is 1. The average molecular weight is 296 g/mol. The van der Waals surface area contributed by atoms with Gasteiger partial charge < -0.3 is 10.2 Å². The van der Waals surface area contributed by atoms with Gasteiger partial charge in [-0.3, -0.25) is 4.79 Å². The van der Waals surface area contributed by atoms with Crippen molar-refractivity contribution < 1.29 is 4.79 Å². The van der Waals surface area contributed by atoms with E-state index in [1.54, 1.807) is 12.3 Å². The van der Waals surface area contributed by atoms with E-state index < -0.39 is 0 Å². The highest BCUT2D eigenvalue weighted by Gasteiger charge is 2.12. The third kappa shape index (κ3) is 3.61. The van der Waals surface area contributed by atoms with Gasteiger partial charge in [0, 0.05) is 30.5 Å². The van der Waals surface area contributed by atoms with E-state index in [4.69, 9.17) is 0 Å². The largest absolute Gasteiger partial charge is 0.372 e. The van der Waals surface area contributed by atoms with Crippen LogP contribution in [0.5, 0.6) is 0 Å². The van der Waals surface area contributed by atoms with Crippen molar-refractivity contribution in [3.8, 4) is 0 Å². The van der Waals surface area contributed by atoms with E-state index in [9.17, 15) is 4.79 Å². The lowest BCUT2D eigenvalue weighted by Gasteiger charge is -2.28. The van der Waals surface area contributed by atoms with Crippen LogP contribution in [0.25, 0.3) is 0 Å². The lowest BCUT2D eigenvalue weighted by Crippen LogP contribution is -2.29. The number of piperidine rings is 1. The molecule has 0 aliphatic carbocycles. The molecule has 2 heterocycles. The molecule has 22 heavy (non-hydrogen) atoms. The van der Waals surface area contributed by atoms with Crippen LogP contribution in [0.1, 0.15) is 35.3 Å². The van der Waals surface area contributed by atoms with Crippen LogP contribution in [0.4, 0.5) is 5.69 Å².